The normalized spacial score (nSPS) is 21.7. The maximum atomic E-state index is 13.8. The highest BCUT2D eigenvalue weighted by Crippen LogP contribution is 2.37. The van der Waals surface area contributed by atoms with E-state index in [9.17, 15) is 14.4 Å². The molecule has 10 heteroatoms. The molecule has 0 aromatic heterocycles. The number of cyclic esters (lactones) is 1. The minimum Gasteiger partial charge on any atom is -0.449 e. The third-order valence-corrected chi connectivity index (χ3v) is 7.01. The number of amides is 3. The predicted octanol–water partition coefficient (Wildman–Crippen LogP) is 2.42. The molecule has 4 N–H and O–H groups in total. The van der Waals surface area contributed by atoms with Crippen molar-refractivity contribution in [2.24, 2.45) is 11.1 Å². The summed E-state index contributed by atoms with van der Waals surface area (Å²) in [4.78, 5) is 40.3. The molecule has 206 valence electrons. The summed E-state index contributed by atoms with van der Waals surface area (Å²) in [7, 11) is 0. The molecule has 2 heterocycles. The van der Waals surface area contributed by atoms with Crippen molar-refractivity contribution < 1.29 is 23.9 Å². The predicted molar refractivity (Wildman–Crippen MR) is 146 cm³/mol. The monoisotopic (exact) mass is 544 g/mol. The fourth-order valence-electron chi connectivity index (χ4n) is 4.95. The molecule has 0 saturated carbocycles. The van der Waals surface area contributed by atoms with E-state index in [0.29, 0.717) is 32.5 Å². The van der Waals surface area contributed by atoms with E-state index >= 15 is 0 Å². The Balaban J connectivity index is 0.00000400. The molecule has 2 fully saturated rings. The first-order valence-electron chi connectivity index (χ1n) is 12.6. The summed E-state index contributed by atoms with van der Waals surface area (Å²) in [6.45, 7) is 4.54. The lowest BCUT2D eigenvalue weighted by molar-refractivity contribution is -0.144. The van der Waals surface area contributed by atoms with E-state index in [1.54, 1.807) is 18.7 Å². The molecule has 2 aliphatic heterocycles. The molecule has 2 aliphatic rings. The first kappa shape index (κ1) is 29.4. The zero-order valence-corrected chi connectivity index (χ0v) is 22.7. The van der Waals surface area contributed by atoms with Gasteiger partial charge in [0.25, 0.3) is 0 Å². The van der Waals surface area contributed by atoms with E-state index < -0.39 is 29.0 Å². The van der Waals surface area contributed by atoms with Gasteiger partial charge in [-0.25, -0.2) is 4.79 Å². The zero-order valence-electron chi connectivity index (χ0n) is 21.9. The molecule has 9 nitrogen and oxygen atoms in total. The van der Waals surface area contributed by atoms with Crippen LogP contribution in [0, 0.1) is 5.41 Å². The molecule has 2 aromatic carbocycles. The van der Waals surface area contributed by atoms with Gasteiger partial charge in [0.2, 0.25) is 11.8 Å². The number of alkyl carbamates (subject to hydrolysis) is 1. The van der Waals surface area contributed by atoms with Crippen molar-refractivity contribution in [3.8, 4) is 0 Å². The molecule has 38 heavy (non-hydrogen) atoms. The van der Waals surface area contributed by atoms with Crippen LogP contribution in [0.15, 0.2) is 60.7 Å². The third kappa shape index (κ3) is 7.24. The summed E-state index contributed by atoms with van der Waals surface area (Å²) in [5.74, 6) is -0.676. The molecule has 3 atom stereocenters. The maximum Gasteiger partial charge on any atom is 0.407 e. The molecule has 0 aliphatic carbocycles. The van der Waals surface area contributed by atoms with E-state index in [2.05, 4.69) is 10.6 Å². The number of halogens is 1. The number of likely N-dealkylation sites (tertiary alicyclic amines) is 1. The summed E-state index contributed by atoms with van der Waals surface area (Å²) < 4.78 is 11.3. The Labute approximate surface area is 229 Å². The number of fused-ring (bicyclic) bond motifs is 1. The van der Waals surface area contributed by atoms with Gasteiger partial charge in [0.05, 0.1) is 18.8 Å². The minimum absolute atomic E-state index is 0. The molecule has 4 rings (SSSR count). The van der Waals surface area contributed by atoms with Gasteiger partial charge in [0.1, 0.15) is 12.6 Å². The Hall–Kier alpha value is -3.14. The van der Waals surface area contributed by atoms with Gasteiger partial charge < -0.3 is 30.7 Å². The highest BCUT2D eigenvalue weighted by atomic mass is 35.5. The molecule has 0 radical (unpaired) electrons. The van der Waals surface area contributed by atoms with Gasteiger partial charge in [-0.2, -0.15) is 0 Å². The standard InChI is InChI=1S/C28H36N4O5.ClH/c1-27(2,29)25(34)30-22(17-36-16-21-11-7-4-8-12-21)24(33)32-14-13-23-28(18-32,19-37-26(35)31-23)15-20-9-5-3-6-10-20;/h3-12,22-23H,13-19,29H2,1-2H3,(H,30,34)(H,31,35);1H. The number of hydrogen-bond acceptors (Lipinski definition) is 6. The number of carbonyl (C=O) groups excluding carboxylic acids is 3. The van der Waals surface area contributed by atoms with Crippen molar-refractivity contribution in [1.29, 1.82) is 0 Å². The Kier molecular flexibility index (Phi) is 9.76. The van der Waals surface area contributed by atoms with E-state index in [1.807, 2.05) is 60.7 Å². The summed E-state index contributed by atoms with van der Waals surface area (Å²) in [6, 6.07) is 18.6. The Bertz CT molecular complexity index is 1100. The van der Waals surface area contributed by atoms with E-state index in [0.717, 1.165) is 11.1 Å². The second-order valence-electron chi connectivity index (χ2n) is 10.6. The van der Waals surface area contributed by atoms with Crippen LogP contribution in [0.25, 0.3) is 0 Å². The third-order valence-electron chi connectivity index (χ3n) is 7.01. The van der Waals surface area contributed by atoms with Crippen LogP contribution in [0.3, 0.4) is 0 Å². The number of piperidine rings is 1. The number of rotatable bonds is 9. The van der Waals surface area contributed by atoms with Gasteiger partial charge in [-0.3, -0.25) is 9.59 Å². The highest BCUT2D eigenvalue weighted by molar-refractivity contribution is 5.91. The van der Waals surface area contributed by atoms with E-state index in [-0.39, 0.29) is 37.6 Å². The molecule has 2 saturated heterocycles. The lowest BCUT2D eigenvalue weighted by atomic mass is 9.71. The fraction of sp³-hybridized carbons (Fsp3) is 0.464. The molecular weight excluding hydrogens is 508 g/mol. The second kappa shape index (κ2) is 12.6. The first-order valence-corrected chi connectivity index (χ1v) is 12.6. The summed E-state index contributed by atoms with van der Waals surface area (Å²) >= 11 is 0. The van der Waals surface area contributed by atoms with E-state index in [1.165, 1.54) is 0 Å². The number of ether oxygens (including phenoxy) is 2. The van der Waals surface area contributed by atoms with Crippen LogP contribution < -0.4 is 16.4 Å². The topological polar surface area (TPSA) is 123 Å². The van der Waals surface area contributed by atoms with Crippen LogP contribution in [0.4, 0.5) is 4.79 Å². The van der Waals surface area contributed by atoms with Gasteiger partial charge in [-0.15, -0.1) is 12.4 Å². The van der Waals surface area contributed by atoms with Gasteiger partial charge in [0, 0.05) is 24.5 Å². The smallest absolute Gasteiger partial charge is 0.407 e. The lowest BCUT2D eigenvalue weighted by Crippen LogP contribution is -2.67. The van der Waals surface area contributed by atoms with Crippen LogP contribution in [0.1, 0.15) is 31.4 Å². The van der Waals surface area contributed by atoms with Gasteiger partial charge in [0.15, 0.2) is 0 Å². The van der Waals surface area contributed by atoms with Crippen molar-refractivity contribution in [3.05, 3.63) is 71.8 Å². The summed E-state index contributed by atoms with van der Waals surface area (Å²) in [6.07, 6.45) is 0.791. The summed E-state index contributed by atoms with van der Waals surface area (Å²) in [5, 5.41) is 5.76. The van der Waals surface area contributed by atoms with Crippen molar-refractivity contribution in [2.45, 2.75) is 50.9 Å². The van der Waals surface area contributed by atoms with Gasteiger partial charge >= 0.3 is 6.09 Å². The average Bonchev–Trinajstić information content (AvgIpc) is 2.88. The number of nitrogens with zero attached hydrogens (tertiary/aromatic N) is 1. The number of nitrogens with one attached hydrogen (secondary N) is 2. The van der Waals surface area contributed by atoms with Crippen LogP contribution in [-0.2, 0) is 32.1 Å². The second-order valence-corrected chi connectivity index (χ2v) is 10.6. The van der Waals surface area contributed by atoms with Crippen LogP contribution in [-0.4, -0.2) is 66.7 Å². The Morgan fingerprint density at radius 3 is 2.42 bits per heavy atom. The average molecular weight is 545 g/mol. The zero-order chi connectivity index (χ0) is 26.5. The largest absolute Gasteiger partial charge is 0.449 e. The van der Waals surface area contributed by atoms with Crippen molar-refractivity contribution >= 4 is 30.3 Å². The molecule has 3 unspecified atom stereocenters. The quantitative estimate of drug-likeness (QED) is 0.445. The number of carbonyl (C=O) groups is 3. The first-order chi connectivity index (χ1) is 17.7. The van der Waals surface area contributed by atoms with Gasteiger partial charge in [-0.1, -0.05) is 60.7 Å². The van der Waals surface area contributed by atoms with Gasteiger partial charge in [-0.05, 0) is 37.8 Å². The van der Waals surface area contributed by atoms with Crippen molar-refractivity contribution in [1.82, 2.24) is 15.5 Å². The highest BCUT2D eigenvalue weighted by Gasteiger charge is 2.50. The fourth-order valence-corrected chi connectivity index (χ4v) is 4.95. The molecule has 3 amide bonds. The maximum absolute atomic E-state index is 13.8. The van der Waals surface area contributed by atoms with E-state index in [4.69, 9.17) is 15.2 Å². The number of hydrogen-bond donors (Lipinski definition) is 3. The van der Waals surface area contributed by atoms with Crippen LogP contribution >= 0.6 is 12.4 Å². The summed E-state index contributed by atoms with van der Waals surface area (Å²) in [5.41, 5.74) is 6.43. The van der Waals surface area contributed by atoms with Crippen LogP contribution in [0.5, 0.6) is 0 Å². The molecular formula is C28H37ClN4O5. The SMILES string of the molecule is CC(C)(N)C(=O)NC(COCc1ccccc1)C(=O)N1CCC2NC(=O)OCC2(Cc2ccccc2)C1.Cl. The molecule has 0 bridgehead atoms. The minimum atomic E-state index is -1.15. The number of nitrogens with two attached hydrogens (primary N) is 1. The van der Waals surface area contributed by atoms with Crippen molar-refractivity contribution in [2.75, 3.05) is 26.3 Å². The Morgan fingerprint density at radius 1 is 1.16 bits per heavy atom. The molecule has 2 aromatic rings. The van der Waals surface area contributed by atoms with Crippen molar-refractivity contribution in [3.63, 3.8) is 0 Å². The molecule has 0 spiro atoms. The lowest BCUT2D eigenvalue weighted by Gasteiger charge is -2.50. The Morgan fingerprint density at radius 2 is 1.79 bits per heavy atom. The number of benzene rings is 2. The van der Waals surface area contributed by atoms with Crippen LogP contribution in [0.2, 0.25) is 0 Å².